The van der Waals surface area contributed by atoms with Gasteiger partial charge in [0.2, 0.25) is 0 Å². The van der Waals surface area contributed by atoms with Gasteiger partial charge in [0.05, 0.1) is 29.8 Å². The summed E-state index contributed by atoms with van der Waals surface area (Å²) in [6.07, 6.45) is -0.949. The van der Waals surface area contributed by atoms with Gasteiger partial charge in [-0.15, -0.1) is 0 Å². The molecule has 0 bridgehead atoms. The smallest absolute Gasteiger partial charge is 0.256 e. The molecule has 2 unspecified atom stereocenters. The third kappa shape index (κ3) is 4.00. The van der Waals surface area contributed by atoms with E-state index in [0.29, 0.717) is 11.3 Å². The first kappa shape index (κ1) is 17.2. The van der Waals surface area contributed by atoms with Crippen molar-refractivity contribution >= 4 is 17.5 Å². The molecule has 0 fully saturated rings. The quantitative estimate of drug-likeness (QED) is 0.879. The summed E-state index contributed by atoms with van der Waals surface area (Å²) in [6.45, 7) is 1.63. The normalized spacial score (nSPS) is 13.3. The molecular weight excluding hydrogens is 321 g/mol. The van der Waals surface area contributed by atoms with Gasteiger partial charge in [-0.25, -0.2) is 4.39 Å². The third-order valence-electron chi connectivity index (χ3n) is 3.48. The van der Waals surface area contributed by atoms with Crippen LogP contribution in [-0.4, -0.2) is 24.2 Å². The molecule has 2 N–H and O–H groups in total. The van der Waals surface area contributed by atoms with Gasteiger partial charge in [0.1, 0.15) is 11.6 Å². The largest absolute Gasteiger partial charge is 0.497 e. The number of halogens is 2. The Morgan fingerprint density at radius 3 is 2.48 bits per heavy atom. The average Bonchev–Trinajstić information content (AvgIpc) is 2.54. The monoisotopic (exact) mass is 337 g/mol. The second kappa shape index (κ2) is 7.44. The molecule has 0 aliphatic carbocycles. The van der Waals surface area contributed by atoms with E-state index in [9.17, 15) is 14.3 Å². The van der Waals surface area contributed by atoms with Crippen LogP contribution in [0.3, 0.4) is 0 Å². The van der Waals surface area contributed by atoms with Crippen molar-refractivity contribution in [3.8, 4) is 5.75 Å². The van der Waals surface area contributed by atoms with Crippen LogP contribution >= 0.6 is 11.6 Å². The Balaban J connectivity index is 2.11. The van der Waals surface area contributed by atoms with Crippen LogP contribution in [0, 0.1) is 5.82 Å². The number of amides is 1. The summed E-state index contributed by atoms with van der Waals surface area (Å²) in [6, 6.07) is 10.2. The third-order valence-corrected chi connectivity index (χ3v) is 3.79. The van der Waals surface area contributed by atoms with Gasteiger partial charge in [-0.1, -0.05) is 29.8 Å². The number of aliphatic hydroxyl groups excluding tert-OH is 1. The topological polar surface area (TPSA) is 58.6 Å². The molecule has 2 aromatic carbocycles. The Kier molecular flexibility index (Phi) is 5.58. The van der Waals surface area contributed by atoms with Crippen LogP contribution in [0.25, 0.3) is 0 Å². The number of aliphatic hydroxyl groups is 1. The second-order valence-electron chi connectivity index (χ2n) is 5.08. The molecule has 0 aromatic heterocycles. The molecule has 6 heteroatoms. The standard InChI is InChI=1S/C17H17ClFNO3/c1-10(16(21)11-6-8-12(23-2)9-7-11)20-17(22)15-13(18)4-3-5-14(15)19/h3-10,16,21H,1-2H3,(H,20,22). The van der Waals surface area contributed by atoms with Crippen molar-refractivity contribution in [2.75, 3.05) is 7.11 Å². The highest BCUT2D eigenvalue weighted by Crippen LogP contribution is 2.22. The van der Waals surface area contributed by atoms with E-state index in [1.165, 1.54) is 12.1 Å². The van der Waals surface area contributed by atoms with Crippen LogP contribution in [-0.2, 0) is 0 Å². The Morgan fingerprint density at radius 1 is 1.26 bits per heavy atom. The Labute approximate surface area is 138 Å². The lowest BCUT2D eigenvalue weighted by Crippen LogP contribution is -2.37. The molecule has 0 aliphatic rings. The number of carbonyl (C=O) groups is 1. The zero-order chi connectivity index (χ0) is 17.0. The van der Waals surface area contributed by atoms with E-state index in [1.807, 2.05) is 0 Å². The first-order valence-corrected chi connectivity index (χ1v) is 7.38. The molecule has 0 saturated carbocycles. The van der Waals surface area contributed by atoms with Gasteiger partial charge in [-0.05, 0) is 36.8 Å². The molecule has 0 spiro atoms. The van der Waals surface area contributed by atoms with E-state index in [1.54, 1.807) is 38.3 Å². The molecule has 4 nitrogen and oxygen atoms in total. The molecule has 122 valence electrons. The maximum absolute atomic E-state index is 13.7. The van der Waals surface area contributed by atoms with Crippen molar-refractivity contribution < 1.29 is 19.0 Å². The second-order valence-corrected chi connectivity index (χ2v) is 5.48. The maximum Gasteiger partial charge on any atom is 0.256 e. The minimum absolute atomic E-state index is 0.0219. The fourth-order valence-corrected chi connectivity index (χ4v) is 2.41. The number of benzene rings is 2. The maximum atomic E-state index is 13.7. The van der Waals surface area contributed by atoms with Crippen LogP contribution in [0.4, 0.5) is 4.39 Å². The van der Waals surface area contributed by atoms with Crippen LogP contribution in [0.2, 0.25) is 5.02 Å². The molecule has 0 saturated heterocycles. The van der Waals surface area contributed by atoms with E-state index in [0.717, 1.165) is 6.07 Å². The Morgan fingerprint density at radius 2 is 1.91 bits per heavy atom. The first-order valence-electron chi connectivity index (χ1n) is 7.01. The fraction of sp³-hybridized carbons (Fsp3) is 0.235. The van der Waals surface area contributed by atoms with Gasteiger partial charge >= 0.3 is 0 Å². The van der Waals surface area contributed by atoms with Crippen molar-refractivity contribution in [3.63, 3.8) is 0 Å². The van der Waals surface area contributed by atoms with Gasteiger partial charge in [0, 0.05) is 0 Å². The summed E-state index contributed by atoms with van der Waals surface area (Å²) in [7, 11) is 1.55. The van der Waals surface area contributed by atoms with Crippen molar-refractivity contribution in [1.82, 2.24) is 5.32 Å². The van der Waals surface area contributed by atoms with E-state index in [2.05, 4.69) is 5.32 Å². The molecular formula is C17H17ClFNO3. The van der Waals surface area contributed by atoms with E-state index in [4.69, 9.17) is 16.3 Å². The minimum atomic E-state index is -0.949. The summed E-state index contributed by atoms with van der Waals surface area (Å²) < 4.78 is 18.8. The summed E-state index contributed by atoms with van der Waals surface area (Å²) in [5, 5.41) is 12.9. The van der Waals surface area contributed by atoms with E-state index >= 15 is 0 Å². The highest BCUT2D eigenvalue weighted by molar-refractivity contribution is 6.33. The van der Waals surface area contributed by atoms with Gasteiger partial charge in [0.15, 0.2) is 0 Å². The number of methoxy groups -OCH3 is 1. The summed E-state index contributed by atoms with van der Waals surface area (Å²) in [5.41, 5.74) is 0.376. The van der Waals surface area contributed by atoms with E-state index < -0.39 is 23.9 Å². The molecule has 23 heavy (non-hydrogen) atoms. The average molecular weight is 338 g/mol. The zero-order valence-electron chi connectivity index (χ0n) is 12.7. The highest BCUT2D eigenvalue weighted by atomic mass is 35.5. The van der Waals surface area contributed by atoms with Gasteiger partial charge < -0.3 is 15.2 Å². The van der Waals surface area contributed by atoms with Crippen LogP contribution in [0.5, 0.6) is 5.75 Å². The number of nitrogens with one attached hydrogen (secondary N) is 1. The lowest BCUT2D eigenvalue weighted by atomic mass is 10.0. The minimum Gasteiger partial charge on any atom is -0.497 e. The number of hydrogen-bond acceptors (Lipinski definition) is 3. The number of hydrogen-bond donors (Lipinski definition) is 2. The number of ether oxygens (including phenoxy) is 1. The first-order chi connectivity index (χ1) is 10.9. The van der Waals surface area contributed by atoms with E-state index in [-0.39, 0.29) is 10.6 Å². The van der Waals surface area contributed by atoms with Crippen molar-refractivity contribution in [2.24, 2.45) is 0 Å². The lowest BCUT2D eigenvalue weighted by Gasteiger charge is -2.21. The predicted molar refractivity (Wildman–Crippen MR) is 86.3 cm³/mol. The number of rotatable bonds is 5. The molecule has 2 atom stereocenters. The van der Waals surface area contributed by atoms with Gasteiger partial charge in [0.25, 0.3) is 5.91 Å². The Hall–Kier alpha value is -2.11. The van der Waals surface area contributed by atoms with Gasteiger partial charge in [-0.3, -0.25) is 4.79 Å². The fourth-order valence-electron chi connectivity index (χ4n) is 2.16. The molecule has 0 radical (unpaired) electrons. The lowest BCUT2D eigenvalue weighted by molar-refractivity contribution is 0.0848. The molecule has 2 rings (SSSR count). The van der Waals surface area contributed by atoms with Crippen LogP contribution in [0.15, 0.2) is 42.5 Å². The van der Waals surface area contributed by atoms with Gasteiger partial charge in [-0.2, -0.15) is 0 Å². The molecule has 2 aromatic rings. The number of carbonyl (C=O) groups excluding carboxylic acids is 1. The van der Waals surface area contributed by atoms with Crippen molar-refractivity contribution in [1.29, 1.82) is 0 Å². The molecule has 0 heterocycles. The van der Waals surface area contributed by atoms with Crippen molar-refractivity contribution in [3.05, 3.63) is 64.4 Å². The van der Waals surface area contributed by atoms with Crippen LogP contribution < -0.4 is 10.1 Å². The molecule has 0 aliphatic heterocycles. The molecule has 1 amide bonds. The Bertz CT molecular complexity index is 670. The van der Waals surface area contributed by atoms with Crippen LogP contribution in [0.1, 0.15) is 28.9 Å². The predicted octanol–water partition coefficient (Wildman–Crippen LogP) is 3.34. The zero-order valence-corrected chi connectivity index (χ0v) is 13.5. The van der Waals surface area contributed by atoms with Crippen molar-refractivity contribution in [2.45, 2.75) is 19.1 Å². The summed E-state index contributed by atoms with van der Waals surface area (Å²) in [5.74, 6) is -0.718. The SMILES string of the molecule is COc1ccc(C(O)C(C)NC(=O)c2c(F)cccc2Cl)cc1. The summed E-state index contributed by atoms with van der Waals surface area (Å²) in [4.78, 5) is 12.2. The summed E-state index contributed by atoms with van der Waals surface area (Å²) >= 11 is 5.86. The highest BCUT2D eigenvalue weighted by Gasteiger charge is 2.22.